The molecule has 2 atom stereocenters. The zero-order valence-corrected chi connectivity index (χ0v) is 9.61. The molecule has 0 aromatic rings. The molecule has 2 aliphatic carbocycles. The van der Waals surface area contributed by atoms with Crippen molar-refractivity contribution >= 4 is 5.91 Å². The van der Waals surface area contributed by atoms with E-state index in [0.29, 0.717) is 19.4 Å². The molecule has 0 aromatic heterocycles. The standard InChI is InChI=1S/C12H21NO3/c14-10-5-3-4-9(10)8-13-11(15)12(16)6-1-2-7-12/h9-10,14,16H,1-8H2,(H,13,15). The summed E-state index contributed by atoms with van der Waals surface area (Å²) in [7, 11) is 0. The van der Waals surface area contributed by atoms with Crippen molar-refractivity contribution in [3.8, 4) is 0 Å². The second-order valence-electron chi connectivity index (χ2n) is 5.21. The Hall–Kier alpha value is -0.610. The van der Waals surface area contributed by atoms with Crippen molar-refractivity contribution in [3.05, 3.63) is 0 Å². The van der Waals surface area contributed by atoms with Gasteiger partial charge in [-0.25, -0.2) is 0 Å². The Kier molecular flexibility index (Phi) is 3.50. The largest absolute Gasteiger partial charge is 0.393 e. The fourth-order valence-electron chi connectivity index (χ4n) is 2.83. The van der Waals surface area contributed by atoms with E-state index in [1.54, 1.807) is 0 Å². The molecule has 1 amide bonds. The third kappa shape index (κ3) is 2.38. The Morgan fingerprint density at radius 3 is 2.50 bits per heavy atom. The zero-order valence-electron chi connectivity index (χ0n) is 9.61. The van der Waals surface area contributed by atoms with Crippen molar-refractivity contribution in [2.75, 3.05) is 6.54 Å². The molecule has 0 radical (unpaired) electrons. The van der Waals surface area contributed by atoms with Crippen LogP contribution in [-0.2, 0) is 4.79 Å². The first kappa shape index (κ1) is 11.9. The summed E-state index contributed by atoms with van der Waals surface area (Å²) >= 11 is 0. The summed E-state index contributed by atoms with van der Waals surface area (Å²) in [6, 6.07) is 0. The molecule has 0 saturated heterocycles. The first-order chi connectivity index (χ1) is 7.62. The molecule has 4 heteroatoms. The minimum atomic E-state index is -1.14. The molecule has 2 fully saturated rings. The summed E-state index contributed by atoms with van der Waals surface area (Å²) in [5.74, 6) is -0.0712. The van der Waals surface area contributed by atoms with Crippen LogP contribution in [-0.4, -0.2) is 34.4 Å². The predicted octanol–water partition coefficient (Wildman–Crippen LogP) is 0.569. The normalized spacial score (nSPS) is 32.9. The molecule has 3 N–H and O–H groups in total. The number of amides is 1. The second kappa shape index (κ2) is 4.72. The molecule has 0 aromatic carbocycles. The molecular weight excluding hydrogens is 206 g/mol. The Morgan fingerprint density at radius 2 is 1.94 bits per heavy atom. The van der Waals surface area contributed by atoms with Gasteiger partial charge >= 0.3 is 0 Å². The monoisotopic (exact) mass is 227 g/mol. The van der Waals surface area contributed by atoms with Crippen LogP contribution in [0, 0.1) is 5.92 Å². The van der Waals surface area contributed by atoms with E-state index in [4.69, 9.17) is 0 Å². The van der Waals surface area contributed by atoms with Crippen molar-refractivity contribution in [3.63, 3.8) is 0 Å². The van der Waals surface area contributed by atoms with Crippen LogP contribution in [0.2, 0.25) is 0 Å². The number of aliphatic hydroxyl groups is 2. The quantitative estimate of drug-likeness (QED) is 0.660. The number of aliphatic hydroxyl groups excluding tert-OH is 1. The third-order valence-electron chi connectivity index (χ3n) is 4.00. The van der Waals surface area contributed by atoms with Gasteiger partial charge in [-0.3, -0.25) is 4.79 Å². The molecule has 0 heterocycles. The highest BCUT2D eigenvalue weighted by Gasteiger charge is 2.39. The molecule has 0 bridgehead atoms. The van der Waals surface area contributed by atoms with Gasteiger partial charge in [-0.05, 0) is 38.5 Å². The summed E-state index contributed by atoms with van der Waals surface area (Å²) in [5.41, 5.74) is -1.14. The van der Waals surface area contributed by atoms with Gasteiger partial charge in [0, 0.05) is 12.5 Å². The fraction of sp³-hybridized carbons (Fsp3) is 0.917. The average Bonchev–Trinajstić information content (AvgIpc) is 2.85. The van der Waals surface area contributed by atoms with Gasteiger partial charge in [-0.1, -0.05) is 6.42 Å². The number of nitrogens with one attached hydrogen (secondary N) is 1. The van der Waals surface area contributed by atoms with Gasteiger partial charge < -0.3 is 15.5 Å². The van der Waals surface area contributed by atoms with Crippen molar-refractivity contribution in [1.29, 1.82) is 0 Å². The van der Waals surface area contributed by atoms with Gasteiger partial charge in [0.15, 0.2) is 0 Å². The van der Waals surface area contributed by atoms with Gasteiger partial charge in [-0.2, -0.15) is 0 Å². The summed E-state index contributed by atoms with van der Waals surface area (Å²) in [4.78, 5) is 11.8. The van der Waals surface area contributed by atoms with Crippen LogP contribution >= 0.6 is 0 Å². The van der Waals surface area contributed by atoms with E-state index < -0.39 is 5.60 Å². The van der Waals surface area contributed by atoms with Gasteiger partial charge in [0.25, 0.3) is 5.91 Å². The van der Waals surface area contributed by atoms with Crippen molar-refractivity contribution < 1.29 is 15.0 Å². The summed E-state index contributed by atoms with van der Waals surface area (Å²) in [5, 5.41) is 22.4. The lowest BCUT2D eigenvalue weighted by Crippen LogP contribution is -2.46. The number of carbonyl (C=O) groups is 1. The van der Waals surface area contributed by atoms with Crippen LogP contribution in [0.3, 0.4) is 0 Å². The molecular formula is C12H21NO3. The zero-order chi connectivity index (χ0) is 11.6. The molecule has 2 unspecified atom stereocenters. The van der Waals surface area contributed by atoms with E-state index in [9.17, 15) is 15.0 Å². The van der Waals surface area contributed by atoms with Crippen molar-refractivity contribution in [2.45, 2.75) is 56.7 Å². The maximum absolute atomic E-state index is 11.8. The van der Waals surface area contributed by atoms with E-state index in [2.05, 4.69) is 5.32 Å². The van der Waals surface area contributed by atoms with Gasteiger partial charge in [0.2, 0.25) is 0 Å². The molecule has 2 rings (SSSR count). The SMILES string of the molecule is O=C(NCC1CCCC1O)C1(O)CCCC1. The Morgan fingerprint density at radius 1 is 1.25 bits per heavy atom. The Bertz CT molecular complexity index is 261. The molecule has 16 heavy (non-hydrogen) atoms. The number of carbonyl (C=O) groups excluding carboxylic acids is 1. The maximum atomic E-state index is 11.8. The minimum Gasteiger partial charge on any atom is -0.393 e. The fourth-order valence-corrected chi connectivity index (χ4v) is 2.83. The first-order valence-corrected chi connectivity index (χ1v) is 6.30. The third-order valence-corrected chi connectivity index (χ3v) is 4.00. The van der Waals surface area contributed by atoms with Crippen molar-refractivity contribution in [1.82, 2.24) is 5.32 Å². The lowest BCUT2D eigenvalue weighted by atomic mass is 10.0. The number of hydrogen-bond donors (Lipinski definition) is 3. The van der Waals surface area contributed by atoms with Crippen LogP contribution < -0.4 is 5.32 Å². The minimum absolute atomic E-state index is 0.175. The van der Waals surface area contributed by atoms with E-state index in [1.165, 1.54) is 0 Å². The van der Waals surface area contributed by atoms with Crippen molar-refractivity contribution in [2.24, 2.45) is 5.92 Å². The first-order valence-electron chi connectivity index (χ1n) is 6.30. The highest BCUT2D eigenvalue weighted by atomic mass is 16.3. The van der Waals surface area contributed by atoms with Crippen LogP contribution in [0.15, 0.2) is 0 Å². The van der Waals surface area contributed by atoms with E-state index >= 15 is 0 Å². The Balaban J connectivity index is 1.79. The van der Waals surface area contributed by atoms with Gasteiger partial charge in [-0.15, -0.1) is 0 Å². The molecule has 92 valence electrons. The molecule has 2 aliphatic rings. The summed E-state index contributed by atoms with van der Waals surface area (Å²) < 4.78 is 0. The molecule has 2 saturated carbocycles. The highest BCUT2D eigenvalue weighted by Crippen LogP contribution is 2.30. The number of hydrogen-bond acceptors (Lipinski definition) is 3. The molecule has 0 spiro atoms. The molecule has 4 nitrogen and oxygen atoms in total. The lowest BCUT2D eigenvalue weighted by molar-refractivity contribution is -0.139. The molecule has 0 aliphatic heterocycles. The highest BCUT2D eigenvalue weighted by molar-refractivity contribution is 5.85. The van der Waals surface area contributed by atoms with E-state index in [-0.39, 0.29) is 17.9 Å². The Labute approximate surface area is 96.0 Å². The van der Waals surface area contributed by atoms with E-state index in [1.807, 2.05) is 0 Å². The van der Waals surface area contributed by atoms with Crippen LogP contribution in [0.5, 0.6) is 0 Å². The van der Waals surface area contributed by atoms with Crippen LogP contribution in [0.25, 0.3) is 0 Å². The maximum Gasteiger partial charge on any atom is 0.251 e. The summed E-state index contributed by atoms with van der Waals surface area (Å²) in [6.07, 6.45) is 5.57. The van der Waals surface area contributed by atoms with E-state index in [0.717, 1.165) is 32.1 Å². The number of rotatable bonds is 3. The second-order valence-corrected chi connectivity index (χ2v) is 5.21. The van der Waals surface area contributed by atoms with Gasteiger partial charge in [0.1, 0.15) is 5.60 Å². The van der Waals surface area contributed by atoms with Gasteiger partial charge in [0.05, 0.1) is 6.10 Å². The lowest BCUT2D eigenvalue weighted by Gasteiger charge is -2.23. The predicted molar refractivity (Wildman–Crippen MR) is 59.8 cm³/mol. The summed E-state index contributed by atoms with van der Waals surface area (Å²) in [6.45, 7) is 0.502. The topological polar surface area (TPSA) is 69.6 Å². The van der Waals surface area contributed by atoms with Crippen LogP contribution in [0.4, 0.5) is 0 Å². The average molecular weight is 227 g/mol. The van der Waals surface area contributed by atoms with Crippen LogP contribution in [0.1, 0.15) is 44.9 Å². The smallest absolute Gasteiger partial charge is 0.251 e.